The highest BCUT2D eigenvalue weighted by Crippen LogP contribution is 2.28. The van der Waals surface area contributed by atoms with Crippen molar-refractivity contribution in [2.75, 3.05) is 0 Å². The second-order valence-electron chi connectivity index (χ2n) is 3.14. The van der Waals surface area contributed by atoms with E-state index in [1.807, 2.05) is 6.92 Å². The lowest BCUT2D eigenvalue weighted by Gasteiger charge is -2.34. The molecular weight excluding hydrogens is 150 g/mol. The number of nitrogens with two attached hydrogens (primary N) is 1. The Labute approximate surface area is 68.2 Å². The molecule has 1 rings (SSSR count). The molecule has 1 aliphatic rings. The van der Waals surface area contributed by atoms with Gasteiger partial charge >= 0.3 is 0 Å². The van der Waals surface area contributed by atoms with E-state index in [-0.39, 0.29) is 18.3 Å². The Balaban J connectivity index is 0.000000810. The van der Waals surface area contributed by atoms with Crippen LogP contribution in [0.5, 0.6) is 0 Å². The van der Waals surface area contributed by atoms with E-state index in [0.717, 1.165) is 19.3 Å². The molecule has 3 N–H and O–H groups in total. The molecule has 3 heteroatoms. The third-order valence-electron chi connectivity index (χ3n) is 2.32. The molecule has 1 fully saturated rings. The molecule has 0 heterocycles. The van der Waals surface area contributed by atoms with E-state index in [4.69, 9.17) is 5.73 Å². The van der Waals surface area contributed by atoms with Crippen LogP contribution in [0, 0.1) is 5.92 Å². The van der Waals surface area contributed by atoms with Crippen LogP contribution in [0.4, 0.5) is 0 Å². The van der Waals surface area contributed by atoms with Gasteiger partial charge in [-0.2, -0.15) is 0 Å². The second-order valence-corrected chi connectivity index (χ2v) is 3.14. The summed E-state index contributed by atoms with van der Waals surface area (Å²) in [6.45, 7) is 2.01. The topological polar surface area (TPSA) is 46.2 Å². The summed E-state index contributed by atoms with van der Waals surface area (Å²) in [5, 5.41) is 9.42. The van der Waals surface area contributed by atoms with Crippen LogP contribution in [0.15, 0.2) is 0 Å². The zero-order valence-electron chi connectivity index (χ0n) is 6.34. The minimum atomic E-state index is -0.863. The molecule has 0 spiro atoms. The average molecular weight is 166 g/mol. The van der Waals surface area contributed by atoms with E-state index in [0.29, 0.717) is 0 Å². The first-order valence-electron chi connectivity index (χ1n) is 3.64. The predicted octanol–water partition coefficient (Wildman–Crippen LogP) is 1.27. The predicted molar refractivity (Wildman–Crippen MR) is 44.0 cm³/mol. The van der Waals surface area contributed by atoms with Gasteiger partial charge in [0.1, 0.15) is 5.72 Å². The SMILES string of the molecule is CC1CCCCC1(N)O.Cl. The van der Waals surface area contributed by atoms with Crippen LogP contribution in [0.1, 0.15) is 32.6 Å². The fourth-order valence-corrected chi connectivity index (χ4v) is 1.36. The number of hydrogen-bond acceptors (Lipinski definition) is 2. The van der Waals surface area contributed by atoms with Crippen molar-refractivity contribution in [2.24, 2.45) is 11.7 Å². The zero-order chi connectivity index (χ0) is 6.91. The van der Waals surface area contributed by atoms with Crippen molar-refractivity contribution < 1.29 is 5.11 Å². The van der Waals surface area contributed by atoms with Gasteiger partial charge in [0, 0.05) is 0 Å². The van der Waals surface area contributed by atoms with Crippen LogP contribution in [-0.2, 0) is 0 Å². The van der Waals surface area contributed by atoms with Gasteiger partial charge in [0.15, 0.2) is 0 Å². The number of rotatable bonds is 0. The summed E-state index contributed by atoms with van der Waals surface area (Å²) >= 11 is 0. The van der Waals surface area contributed by atoms with Gasteiger partial charge in [0.25, 0.3) is 0 Å². The molecule has 2 atom stereocenters. The van der Waals surface area contributed by atoms with E-state index < -0.39 is 5.72 Å². The van der Waals surface area contributed by atoms with Gasteiger partial charge in [0.05, 0.1) is 0 Å². The molecule has 1 aliphatic carbocycles. The highest BCUT2D eigenvalue weighted by molar-refractivity contribution is 5.85. The standard InChI is InChI=1S/C7H15NO.ClH/c1-6-4-2-3-5-7(6,8)9;/h6,9H,2-5,8H2,1H3;1H. The summed E-state index contributed by atoms with van der Waals surface area (Å²) < 4.78 is 0. The molecular formula is C7H16ClNO. The minimum absolute atomic E-state index is 0. The van der Waals surface area contributed by atoms with Crippen LogP contribution < -0.4 is 5.73 Å². The zero-order valence-corrected chi connectivity index (χ0v) is 7.16. The summed E-state index contributed by atoms with van der Waals surface area (Å²) in [7, 11) is 0. The van der Waals surface area contributed by atoms with Gasteiger partial charge in [-0.3, -0.25) is 0 Å². The maximum absolute atomic E-state index is 9.42. The third-order valence-corrected chi connectivity index (χ3v) is 2.32. The summed E-state index contributed by atoms with van der Waals surface area (Å²) in [5.74, 6) is 0.284. The van der Waals surface area contributed by atoms with Gasteiger partial charge < -0.3 is 10.8 Å². The molecule has 0 saturated heterocycles. The van der Waals surface area contributed by atoms with Crippen LogP contribution in [0.25, 0.3) is 0 Å². The first-order valence-corrected chi connectivity index (χ1v) is 3.64. The summed E-state index contributed by atoms with van der Waals surface area (Å²) in [4.78, 5) is 0. The fraction of sp³-hybridized carbons (Fsp3) is 1.00. The smallest absolute Gasteiger partial charge is 0.116 e. The van der Waals surface area contributed by atoms with E-state index in [1.165, 1.54) is 6.42 Å². The Morgan fingerprint density at radius 2 is 2.10 bits per heavy atom. The molecule has 1 saturated carbocycles. The van der Waals surface area contributed by atoms with Gasteiger partial charge in [0.2, 0.25) is 0 Å². The Kier molecular flexibility index (Phi) is 3.63. The minimum Gasteiger partial charge on any atom is -0.376 e. The van der Waals surface area contributed by atoms with E-state index in [9.17, 15) is 5.11 Å². The maximum Gasteiger partial charge on any atom is 0.116 e. The Morgan fingerprint density at radius 1 is 1.50 bits per heavy atom. The van der Waals surface area contributed by atoms with Crippen LogP contribution in [0.3, 0.4) is 0 Å². The Morgan fingerprint density at radius 3 is 2.40 bits per heavy atom. The quantitative estimate of drug-likeness (QED) is 0.531. The maximum atomic E-state index is 9.42. The monoisotopic (exact) mass is 165 g/mol. The van der Waals surface area contributed by atoms with E-state index in [1.54, 1.807) is 0 Å². The van der Waals surface area contributed by atoms with Crippen LogP contribution in [-0.4, -0.2) is 10.8 Å². The average Bonchev–Trinajstić information content (AvgIpc) is 1.77. The molecule has 0 amide bonds. The van der Waals surface area contributed by atoms with Gasteiger partial charge in [-0.1, -0.05) is 13.3 Å². The van der Waals surface area contributed by atoms with Gasteiger partial charge in [-0.15, -0.1) is 12.4 Å². The van der Waals surface area contributed by atoms with Gasteiger partial charge in [-0.05, 0) is 25.2 Å². The van der Waals surface area contributed by atoms with Crippen molar-refractivity contribution in [1.82, 2.24) is 0 Å². The fourth-order valence-electron chi connectivity index (χ4n) is 1.36. The van der Waals surface area contributed by atoms with Crippen molar-refractivity contribution in [3.8, 4) is 0 Å². The lowest BCUT2D eigenvalue weighted by atomic mass is 9.83. The number of aliphatic hydroxyl groups is 1. The second kappa shape index (κ2) is 3.56. The van der Waals surface area contributed by atoms with Crippen LogP contribution in [0.2, 0.25) is 0 Å². The summed E-state index contributed by atoms with van der Waals surface area (Å²) in [5.41, 5.74) is 4.71. The number of hydrogen-bond donors (Lipinski definition) is 2. The molecule has 0 aromatic heterocycles. The molecule has 0 aromatic carbocycles. The molecule has 2 nitrogen and oxygen atoms in total. The Hall–Kier alpha value is 0.210. The summed E-state index contributed by atoms with van der Waals surface area (Å²) in [6.07, 6.45) is 4.15. The molecule has 0 bridgehead atoms. The highest BCUT2D eigenvalue weighted by Gasteiger charge is 2.31. The van der Waals surface area contributed by atoms with Gasteiger partial charge in [-0.25, -0.2) is 0 Å². The number of halogens is 1. The molecule has 0 aliphatic heterocycles. The van der Waals surface area contributed by atoms with E-state index >= 15 is 0 Å². The Bertz CT molecular complexity index is 106. The lowest BCUT2D eigenvalue weighted by Crippen LogP contribution is -2.47. The van der Waals surface area contributed by atoms with Crippen molar-refractivity contribution in [3.05, 3.63) is 0 Å². The molecule has 2 unspecified atom stereocenters. The molecule has 0 radical (unpaired) electrons. The van der Waals surface area contributed by atoms with E-state index in [2.05, 4.69) is 0 Å². The third kappa shape index (κ3) is 2.11. The normalized spacial score (nSPS) is 40.5. The lowest BCUT2D eigenvalue weighted by molar-refractivity contribution is -0.0353. The first-order chi connectivity index (χ1) is 4.13. The van der Waals surface area contributed by atoms with Crippen molar-refractivity contribution >= 4 is 12.4 Å². The van der Waals surface area contributed by atoms with Crippen molar-refractivity contribution in [3.63, 3.8) is 0 Å². The van der Waals surface area contributed by atoms with Crippen molar-refractivity contribution in [2.45, 2.75) is 38.3 Å². The molecule has 62 valence electrons. The van der Waals surface area contributed by atoms with Crippen LogP contribution >= 0.6 is 12.4 Å². The molecule has 10 heavy (non-hydrogen) atoms. The highest BCUT2D eigenvalue weighted by atomic mass is 35.5. The molecule has 0 aromatic rings. The van der Waals surface area contributed by atoms with Crippen molar-refractivity contribution in [1.29, 1.82) is 0 Å². The largest absolute Gasteiger partial charge is 0.376 e. The summed E-state index contributed by atoms with van der Waals surface area (Å²) in [6, 6.07) is 0. The first kappa shape index (κ1) is 10.2.